The molecule has 0 fully saturated rings. The van der Waals surface area contributed by atoms with Crippen LogP contribution in [0.25, 0.3) is 0 Å². The van der Waals surface area contributed by atoms with Crippen molar-refractivity contribution >= 4 is 35.4 Å². The molecule has 1 rings (SSSR count). The van der Waals surface area contributed by atoms with E-state index in [4.69, 9.17) is 33.1 Å². The number of nitro benzene ring substituents is 1. The summed E-state index contributed by atoms with van der Waals surface area (Å²) in [5.74, 6) is 0. The van der Waals surface area contributed by atoms with Gasteiger partial charge in [0.15, 0.2) is 0 Å². The summed E-state index contributed by atoms with van der Waals surface area (Å²) < 4.78 is 0. The molecule has 0 aromatic heterocycles. The summed E-state index contributed by atoms with van der Waals surface area (Å²) in [5, 5.41) is 17.5. The van der Waals surface area contributed by atoms with Crippen LogP contribution in [0.2, 0.25) is 10.0 Å². The molecular formula is C7H5Cl2NO4. The molecular weight excluding hydrogens is 233 g/mol. The lowest BCUT2D eigenvalue weighted by Crippen LogP contribution is -1.87. The summed E-state index contributed by atoms with van der Waals surface area (Å²) >= 11 is 11.0. The normalized spacial score (nSPS) is 8.43. The fourth-order valence-corrected chi connectivity index (χ4v) is 0.979. The van der Waals surface area contributed by atoms with Gasteiger partial charge in [-0.15, -0.1) is 0 Å². The minimum atomic E-state index is -0.575. The molecule has 0 spiro atoms. The fraction of sp³-hybridized carbons (Fsp3) is 0. The van der Waals surface area contributed by atoms with E-state index in [1.807, 2.05) is 0 Å². The molecule has 0 heterocycles. The molecule has 0 atom stereocenters. The fourth-order valence-electron chi connectivity index (χ4n) is 0.626. The summed E-state index contributed by atoms with van der Waals surface area (Å²) in [4.78, 5) is 18.0. The van der Waals surface area contributed by atoms with E-state index in [0.717, 1.165) is 0 Å². The Kier molecular flexibility index (Phi) is 5.59. The summed E-state index contributed by atoms with van der Waals surface area (Å²) in [6, 6.07) is 4.10. The number of carbonyl (C=O) groups is 1. The van der Waals surface area contributed by atoms with Gasteiger partial charge in [-0.3, -0.25) is 14.9 Å². The first-order valence-electron chi connectivity index (χ1n) is 3.20. The van der Waals surface area contributed by atoms with Crippen LogP contribution in [0.3, 0.4) is 0 Å². The van der Waals surface area contributed by atoms with E-state index in [2.05, 4.69) is 0 Å². The predicted molar refractivity (Wildman–Crippen MR) is 51.8 cm³/mol. The van der Waals surface area contributed by atoms with Crippen LogP contribution in [-0.4, -0.2) is 16.5 Å². The smallest absolute Gasteiger partial charge is 0.290 e. The van der Waals surface area contributed by atoms with Crippen LogP contribution >= 0.6 is 23.2 Å². The average molecular weight is 238 g/mol. The van der Waals surface area contributed by atoms with Crippen molar-refractivity contribution in [2.24, 2.45) is 0 Å². The minimum Gasteiger partial charge on any atom is -0.483 e. The van der Waals surface area contributed by atoms with Gasteiger partial charge >= 0.3 is 0 Å². The predicted octanol–water partition coefficient (Wildman–Crippen LogP) is 2.60. The van der Waals surface area contributed by atoms with Crippen molar-refractivity contribution in [2.75, 3.05) is 0 Å². The summed E-state index contributed by atoms with van der Waals surface area (Å²) in [5.41, 5.74) is -0.167. The highest BCUT2D eigenvalue weighted by Gasteiger charge is 2.11. The van der Waals surface area contributed by atoms with E-state index < -0.39 is 4.92 Å². The lowest BCUT2D eigenvalue weighted by molar-refractivity contribution is -0.384. The molecule has 1 aromatic rings. The number of benzene rings is 1. The topological polar surface area (TPSA) is 80.4 Å². The zero-order chi connectivity index (χ0) is 11.1. The van der Waals surface area contributed by atoms with Crippen molar-refractivity contribution < 1.29 is 14.8 Å². The second-order valence-electron chi connectivity index (χ2n) is 1.96. The highest BCUT2D eigenvalue weighted by molar-refractivity contribution is 6.34. The van der Waals surface area contributed by atoms with Gasteiger partial charge in [0.25, 0.3) is 12.2 Å². The molecule has 1 N–H and O–H groups in total. The van der Waals surface area contributed by atoms with Crippen LogP contribution in [0.4, 0.5) is 5.69 Å². The molecule has 14 heavy (non-hydrogen) atoms. The van der Waals surface area contributed by atoms with E-state index in [1.165, 1.54) is 18.2 Å². The molecule has 5 nitrogen and oxygen atoms in total. The number of hydrogen-bond acceptors (Lipinski definition) is 3. The second kappa shape index (κ2) is 6.17. The molecule has 1 aromatic carbocycles. The standard InChI is InChI=1S/C6H3Cl2NO2.CH2O2/c7-4-1-2-5(8)6(3-4)9(10)11;2-1-3/h1-3H;1H,(H,2,3). The number of nitro groups is 1. The zero-order valence-electron chi connectivity index (χ0n) is 6.68. The first kappa shape index (κ1) is 12.7. The van der Waals surface area contributed by atoms with E-state index in [9.17, 15) is 10.1 Å². The number of hydrogen-bond donors (Lipinski definition) is 1. The van der Waals surface area contributed by atoms with Crippen LogP contribution in [0, 0.1) is 10.1 Å². The van der Waals surface area contributed by atoms with E-state index in [-0.39, 0.29) is 17.2 Å². The number of nitrogens with zero attached hydrogens (tertiary/aromatic N) is 1. The Morgan fingerprint density at radius 2 is 1.93 bits per heavy atom. The number of carboxylic acid groups (broad SMARTS) is 1. The third-order valence-electron chi connectivity index (χ3n) is 1.10. The number of rotatable bonds is 1. The second-order valence-corrected chi connectivity index (χ2v) is 2.80. The van der Waals surface area contributed by atoms with Gasteiger partial charge in [-0.2, -0.15) is 0 Å². The molecule has 0 aliphatic rings. The maximum atomic E-state index is 10.2. The summed E-state index contributed by atoms with van der Waals surface area (Å²) in [6.45, 7) is -0.250. The maximum absolute atomic E-state index is 10.2. The highest BCUT2D eigenvalue weighted by Crippen LogP contribution is 2.26. The van der Waals surface area contributed by atoms with Crippen LogP contribution in [0.5, 0.6) is 0 Å². The SMILES string of the molecule is O=CO.O=[N+]([O-])c1cc(Cl)ccc1Cl. The Morgan fingerprint density at radius 1 is 1.43 bits per heavy atom. The Morgan fingerprint density at radius 3 is 2.29 bits per heavy atom. The van der Waals surface area contributed by atoms with Crippen LogP contribution < -0.4 is 0 Å². The zero-order valence-corrected chi connectivity index (χ0v) is 8.20. The number of halogens is 2. The largest absolute Gasteiger partial charge is 0.483 e. The van der Waals surface area contributed by atoms with Gasteiger partial charge in [0, 0.05) is 11.1 Å². The molecule has 0 bridgehead atoms. The Bertz CT molecular complexity index is 342. The van der Waals surface area contributed by atoms with E-state index >= 15 is 0 Å². The third-order valence-corrected chi connectivity index (χ3v) is 1.66. The summed E-state index contributed by atoms with van der Waals surface area (Å²) in [6.07, 6.45) is 0. The van der Waals surface area contributed by atoms with Gasteiger partial charge in [-0.1, -0.05) is 23.2 Å². The molecule has 0 radical (unpaired) electrons. The monoisotopic (exact) mass is 237 g/mol. The molecule has 0 aliphatic heterocycles. The van der Waals surface area contributed by atoms with Gasteiger partial charge in [-0.25, -0.2) is 0 Å². The van der Waals surface area contributed by atoms with Crippen molar-refractivity contribution in [3.8, 4) is 0 Å². The molecule has 0 saturated heterocycles. The molecule has 0 saturated carbocycles. The summed E-state index contributed by atoms with van der Waals surface area (Å²) in [7, 11) is 0. The molecule has 0 aliphatic carbocycles. The Hall–Kier alpha value is -1.33. The third kappa shape index (κ3) is 4.06. The Balaban J connectivity index is 0.000000500. The molecule has 0 unspecified atom stereocenters. The van der Waals surface area contributed by atoms with Crippen molar-refractivity contribution in [3.05, 3.63) is 38.4 Å². The van der Waals surface area contributed by atoms with Crippen molar-refractivity contribution in [3.63, 3.8) is 0 Å². The molecule has 0 amide bonds. The van der Waals surface area contributed by atoms with Gasteiger partial charge in [-0.05, 0) is 12.1 Å². The average Bonchev–Trinajstić information content (AvgIpc) is 2.10. The lowest BCUT2D eigenvalue weighted by atomic mass is 10.3. The van der Waals surface area contributed by atoms with Crippen LogP contribution in [0.1, 0.15) is 0 Å². The lowest BCUT2D eigenvalue weighted by Gasteiger charge is -1.93. The van der Waals surface area contributed by atoms with E-state index in [1.54, 1.807) is 0 Å². The van der Waals surface area contributed by atoms with E-state index in [0.29, 0.717) is 5.02 Å². The first-order chi connectivity index (χ1) is 6.52. The van der Waals surface area contributed by atoms with Gasteiger partial charge in [0.05, 0.1) is 4.92 Å². The molecule has 76 valence electrons. The highest BCUT2D eigenvalue weighted by atomic mass is 35.5. The van der Waals surface area contributed by atoms with Crippen molar-refractivity contribution in [2.45, 2.75) is 0 Å². The molecule has 7 heteroatoms. The first-order valence-corrected chi connectivity index (χ1v) is 3.95. The van der Waals surface area contributed by atoms with Gasteiger partial charge < -0.3 is 5.11 Å². The Labute approximate surface area is 89.0 Å². The maximum Gasteiger partial charge on any atom is 0.290 e. The quantitative estimate of drug-likeness (QED) is 0.463. The van der Waals surface area contributed by atoms with Gasteiger partial charge in [0.1, 0.15) is 5.02 Å². The minimum absolute atomic E-state index is 0.0967. The van der Waals surface area contributed by atoms with Crippen molar-refractivity contribution in [1.82, 2.24) is 0 Å². The van der Waals surface area contributed by atoms with Gasteiger partial charge in [0.2, 0.25) is 0 Å². The van der Waals surface area contributed by atoms with Crippen LogP contribution in [-0.2, 0) is 4.79 Å². The van der Waals surface area contributed by atoms with Crippen LogP contribution in [0.15, 0.2) is 18.2 Å². The van der Waals surface area contributed by atoms with Crippen molar-refractivity contribution in [1.29, 1.82) is 0 Å².